The summed E-state index contributed by atoms with van der Waals surface area (Å²) in [5.41, 5.74) is 5.18. The molecule has 2 amide bonds. The van der Waals surface area contributed by atoms with Crippen molar-refractivity contribution in [3.05, 3.63) is 58.6 Å². The highest BCUT2D eigenvalue weighted by Gasteiger charge is 2.11. The third kappa shape index (κ3) is 6.87. The van der Waals surface area contributed by atoms with E-state index in [0.717, 1.165) is 0 Å². The van der Waals surface area contributed by atoms with Gasteiger partial charge in [0.1, 0.15) is 11.5 Å². The van der Waals surface area contributed by atoms with Gasteiger partial charge in [0.05, 0.1) is 11.1 Å². The van der Waals surface area contributed by atoms with Gasteiger partial charge < -0.3 is 9.47 Å². The number of ether oxygens (including phenoxy) is 2. The summed E-state index contributed by atoms with van der Waals surface area (Å²) >= 11 is 8.34. The molecule has 0 aliphatic carbocycles. The fourth-order valence-corrected chi connectivity index (χ4v) is 2.59. The molecule has 0 heterocycles. The van der Waals surface area contributed by atoms with Crippen LogP contribution in [0.1, 0.15) is 17.3 Å². The van der Waals surface area contributed by atoms with E-state index in [1.165, 1.54) is 0 Å². The van der Waals surface area contributed by atoms with Gasteiger partial charge >= 0.3 is 0 Å². The number of nitrogens with one attached hydrogen (secondary N) is 3. The minimum absolute atomic E-state index is 0.0435. The lowest BCUT2D eigenvalue weighted by atomic mass is 10.2. The highest BCUT2D eigenvalue weighted by atomic mass is 79.9. The first-order valence-electron chi connectivity index (χ1n) is 8.00. The first kappa shape index (κ1) is 20.7. The van der Waals surface area contributed by atoms with Crippen LogP contribution in [-0.4, -0.2) is 30.1 Å². The summed E-state index contributed by atoms with van der Waals surface area (Å²) < 4.78 is 11.3. The molecule has 0 saturated heterocycles. The molecule has 9 heteroatoms. The van der Waals surface area contributed by atoms with Crippen molar-refractivity contribution in [3.63, 3.8) is 0 Å². The lowest BCUT2D eigenvalue weighted by molar-refractivity contribution is -0.123. The Bertz CT molecular complexity index is 818. The minimum Gasteiger partial charge on any atom is -0.493 e. The molecule has 0 radical (unpaired) electrons. The lowest BCUT2D eigenvalue weighted by Crippen LogP contribution is -2.49. The number of halogens is 1. The van der Waals surface area contributed by atoms with Crippen LogP contribution >= 0.6 is 28.1 Å². The summed E-state index contributed by atoms with van der Waals surface area (Å²) in [5.74, 6) is 0.343. The Morgan fingerprint density at radius 1 is 1.07 bits per heavy atom. The smallest absolute Gasteiger partial charge is 0.276 e. The molecule has 0 unspecified atom stereocenters. The maximum absolute atomic E-state index is 12.2. The van der Waals surface area contributed by atoms with Crippen molar-refractivity contribution in [2.24, 2.45) is 0 Å². The Morgan fingerprint density at radius 2 is 1.81 bits per heavy atom. The number of amides is 2. The van der Waals surface area contributed by atoms with Crippen LogP contribution in [0.15, 0.2) is 53.0 Å². The molecule has 0 fully saturated rings. The van der Waals surface area contributed by atoms with Crippen molar-refractivity contribution in [2.75, 3.05) is 13.2 Å². The predicted molar refractivity (Wildman–Crippen MR) is 109 cm³/mol. The van der Waals surface area contributed by atoms with Crippen molar-refractivity contribution >= 4 is 45.1 Å². The zero-order valence-electron chi connectivity index (χ0n) is 14.5. The second kappa shape index (κ2) is 10.5. The molecule has 2 aromatic carbocycles. The first-order valence-corrected chi connectivity index (χ1v) is 9.20. The average Bonchev–Trinajstić information content (AvgIpc) is 2.67. The quantitative estimate of drug-likeness (QED) is 0.461. The average molecular weight is 452 g/mol. The van der Waals surface area contributed by atoms with Gasteiger partial charge in [-0.2, -0.15) is 0 Å². The van der Waals surface area contributed by atoms with E-state index in [0.29, 0.717) is 28.1 Å². The van der Waals surface area contributed by atoms with Crippen molar-refractivity contribution < 1.29 is 19.1 Å². The van der Waals surface area contributed by atoms with Gasteiger partial charge in [0.15, 0.2) is 11.7 Å². The minimum atomic E-state index is -0.445. The van der Waals surface area contributed by atoms with E-state index in [-0.39, 0.29) is 11.7 Å². The van der Waals surface area contributed by atoms with Gasteiger partial charge in [0.25, 0.3) is 11.8 Å². The number of benzene rings is 2. The van der Waals surface area contributed by atoms with Crippen LogP contribution in [0.4, 0.5) is 0 Å². The number of rotatable bonds is 6. The number of hydrogen-bond acceptors (Lipinski definition) is 5. The van der Waals surface area contributed by atoms with Crippen LogP contribution in [0.2, 0.25) is 0 Å². The van der Waals surface area contributed by atoms with Crippen molar-refractivity contribution in [1.82, 2.24) is 16.2 Å². The molecule has 0 aliphatic rings. The number of hydrazine groups is 1. The van der Waals surface area contributed by atoms with E-state index in [1.807, 2.05) is 13.0 Å². The normalized spacial score (nSPS) is 9.85. The molecule has 3 N–H and O–H groups in total. The van der Waals surface area contributed by atoms with Crippen LogP contribution in [-0.2, 0) is 4.79 Å². The van der Waals surface area contributed by atoms with Gasteiger partial charge in [0.2, 0.25) is 0 Å². The van der Waals surface area contributed by atoms with E-state index < -0.39 is 11.8 Å². The fraction of sp³-hybridized carbons (Fsp3) is 0.167. The zero-order chi connectivity index (χ0) is 19.6. The molecule has 142 valence electrons. The highest BCUT2D eigenvalue weighted by Crippen LogP contribution is 2.25. The summed E-state index contributed by atoms with van der Waals surface area (Å²) in [6, 6.07) is 13.8. The van der Waals surface area contributed by atoms with Gasteiger partial charge in [-0.15, -0.1) is 0 Å². The van der Waals surface area contributed by atoms with E-state index >= 15 is 0 Å². The topological polar surface area (TPSA) is 88.7 Å². The standard InChI is InChI=1S/C18H18BrN3O4S/c1-2-25-15-9-8-12(10-14(15)19)17(24)20-18(27)22-21-16(23)11-26-13-6-4-3-5-7-13/h3-10H,2,11H2,1H3,(H,21,23)(H2,20,22,24,27). The van der Waals surface area contributed by atoms with E-state index in [1.54, 1.807) is 42.5 Å². The third-order valence-electron chi connectivity index (χ3n) is 3.15. The summed E-state index contributed by atoms with van der Waals surface area (Å²) in [7, 11) is 0. The number of thiocarbonyl (C=S) groups is 1. The largest absolute Gasteiger partial charge is 0.493 e. The second-order valence-corrected chi connectivity index (χ2v) is 6.40. The first-order chi connectivity index (χ1) is 13.0. The van der Waals surface area contributed by atoms with Crippen LogP contribution in [0.25, 0.3) is 0 Å². The maximum atomic E-state index is 12.2. The van der Waals surface area contributed by atoms with E-state index in [9.17, 15) is 9.59 Å². The fourth-order valence-electron chi connectivity index (χ4n) is 1.95. The van der Waals surface area contributed by atoms with E-state index in [4.69, 9.17) is 21.7 Å². The van der Waals surface area contributed by atoms with Crippen molar-refractivity contribution in [1.29, 1.82) is 0 Å². The summed E-state index contributed by atoms with van der Waals surface area (Å²) in [6.07, 6.45) is 0. The van der Waals surface area contributed by atoms with E-state index in [2.05, 4.69) is 32.1 Å². The monoisotopic (exact) mass is 451 g/mol. The summed E-state index contributed by atoms with van der Waals surface area (Å²) in [4.78, 5) is 23.9. The predicted octanol–water partition coefficient (Wildman–Crippen LogP) is 2.56. The van der Waals surface area contributed by atoms with Crippen molar-refractivity contribution in [3.8, 4) is 11.5 Å². The zero-order valence-corrected chi connectivity index (χ0v) is 16.9. The van der Waals surface area contributed by atoms with Gasteiger partial charge in [0, 0.05) is 5.56 Å². The van der Waals surface area contributed by atoms with Crippen LogP contribution < -0.4 is 25.6 Å². The summed E-state index contributed by atoms with van der Waals surface area (Å²) in [6.45, 7) is 2.20. The Morgan fingerprint density at radius 3 is 2.48 bits per heavy atom. The van der Waals surface area contributed by atoms with Crippen LogP contribution in [0.3, 0.4) is 0 Å². The molecule has 0 spiro atoms. The molecule has 2 aromatic rings. The second-order valence-electron chi connectivity index (χ2n) is 5.14. The van der Waals surface area contributed by atoms with Crippen molar-refractivity contribution in [2.45, 2.75) is 6.92 Å². The number of para-hydroxylation sites is 1. The van der Waals surface area contributed by atoms with Gasteiger partial charge in [-0.25, -0.2) is 0 Å². The molecule has 7 nitrogen and oxygen atoms in total. The molecule has 0 bridgehead atoms. The molecule has 0 atom stereocenters. The molecule has 2 rings (SSSR count). The van der Waals surface area contributed by atoms with Gasteiger partial charge in [-0.05, 0) is 65.4 Å². The van der Waals surface area contributed by atoms with Crippen LogP contribution in [0.5, 0.6) is 11.5 Å². The van der Waals surface area contributed by atoms with Gasteiger partial charge in [-0.3, -0.25) is 25.8 Å². The molecule has 0 aromatic heterocycles. The molecular formula is C18H18BrN3O4S. The Hall–Kier alpha value is -2.65. The van der Waals surface area contributed by atoms with Crippen LogP contribution in [0, 0.1) is 0 Å². The Labute approximate surface area is 170 Å². The highest BCUT2D eigenvalue weighted by molar-refractivity contribution is 9.10. The number of carbonyl (C=O) groups excluding carboxylic acids is 2. The lowest BCUT2D eigenvalue weighted by Gasteiger charge is -2.12. The molecular weight excluding hydrogens is 434 g/mol. The number of hydrogen-bond donors (Lipinski definition) is 3. The Kier molecular flexibility index (Phi) is 8.02. The molecule has 0 aliphatic heterocycles. The summed E-state index contributed by atoms with van der Waals surface area (Å²) in [5, 5.41) is 2.42. The van der Waals surface area contributed by atoms with Gasteiger partial charge in [-0.1, -0.05) is 18.2 Å². The number of carbonyl (C=O) groups is 2. The maximum Gasteiger partial charge on any atom is 0.276 e. The Balaban J connectivity index is 1.77. The SMILES string of the molecule is CCOc1ccc(C(=O)NC(=S)NNC(=O)COc2ccccc2)cc1Br. The molecule has 0 saturated carbocycles. The third-order valence-corrected chi connectivity index (χ3v) is 3.97. The molecule has 27 heavy (non-hydrogen) atoms.